The maximum atomic E-state index is 10.3. The van der Waals surface area contributed by atoms with Gasteiger partial charge in [0.2, 0.25) is 0 Å². The predicted octanol–water partition coefficient (Wildman–Crippen LogP) is 1.24. The first-order valence-electron chi connectivity index (χ1n) is 5.70. The molecule has 90 valence electrons. The number of rotatable bonds is 10. The minimum absolute atomic E-state index is 0.261. The molecular formula is C11H23NO3. The first kappa shape index (κ1) is 14.4. The fourth-order valence-corrected chi connectivity index (χ4v) is 1.35. The zero-order chi connectivity index (χ0) is 11.5. The lowest BCUT2D eigenvalue weighted by molar-refractivity contribution is -0.137. The second-order valence-corrected chi connectivity index (χ2v) is 4.01. The molecule has 1 atom stereocenters. The van der Waals surface area contributed by atoms with E-state index in [1.54, 1.807) is 0 Å². The van der Waals surface area contributed by atoms with Crippen LogP contribution in [0.2, 0.25) is 0 Å². The van der Waals surface area contributed by atoms with E-state index in [2.05, 4.69) is 12.2 Å². The molecule has 0 heterocycles. The van der Waals surface area contributed by atoms with Crippen molar-refractivity contribution in [2.24, 2.45) is 5.92 Å². The Bertz CT molecular complexity index is 162. The van der Waals surface area contributed by atoms with Crippen LogP contribution in [-0.4, -0.2) is 35.9 Å². The SMILES string of the molecule is CC(CCNCCCCO)CCC(=O)O. The zero-order valence-corrected chi connectivity index (χ0v) is 9.54. The van der Waals surface area contributed by atoms with E-state index >= 15 is 0 Å². The molecule has 0 radical (unpaired) electrons. The highest BCUT2D eigenvalue weighted by atomic mass is 16.4. The number of nitrogens with one attached hydrogen (secondary N) is 1. The summed E-state index contributed by atoms with van der Waals surface area (Å²) in [6.07, 6.45) is 3.90. The van der Waals surface area contributed by atoms with Crippen molar-refractivity contribution in [3.63, 3.8) is 0 Å². The largest absolute Gasteiger partial charge is 0.481 e. The van der Waals surface area contributed by atoms with E-state index in [0.717, 1.165) is 38.8 Å². The summed E-state index contributed by atoms with van der Waals surface area (Å²) in [5.41, 5.74) is 0. The van der Waals surface area contributed by atoms with Gasteiger partial charge in [0.25, 0.3) is 0 Å². The smallest absolute Gasteiger partial charge is 0.303 e. The van der Waals surface area contributed by atoms with E-state index in [9.17, 15) is 4.79 Å². The minimum atomic E-state index is -0.710. The highest BCUT2D eigenvalue weighted by Crippen LogP contribution is 2.08. The van der Waals surface area contributed by atoms with Gasteiger partial charge in [-0.3, -0.25) is 4.79 Å². The Morgan fingerprint density at radius 2 is 2.00 bits per heavy atom. The van der Waals surface area contributed by atoms with Crippen molar-refractivity contribution in [1.29, 1.82) is 0 Å². The third kappa shape index (κ3) is 11.3. The summed E-state index contributed by atoms with van der Waals surface area (Å²) in [6, 6.07) is 0. The molecule has 0 fully saturated rings. The van der Waals surface area contributed by atoms with Gasteiger partial charge in [-0.25, -0.2) is 0 Å². The maximum absolute atomic E-state index is 10.3. The first-order chi connectivity index (χ1) is 7.16. The van der Waals surface area contributed by atoms with Crippen molar-refractivity contribution in [2.45, 2.75) is 39.0 Å². The van der Waals surface area contributed by atoms with Crippen LogP contribution in [0, 0.1) is 5.92 Å². The highest BCUT2D eigenvalue weighted by Gasteiger charge is 2.04. The fraction of sp³-hybridized carbons (Fsp3) is 0.909. The highest BCUT2D eigenvalue weighted by molar-refractivity contribution is 5.66. The molecule has 0 aliphatic rings. The number of carboxylic acid groups (broad SMARTS) is 1. The molecule has 0 saturated carbocycles. The number of aliphatic hydroxyl groups is 1. The van der Waals surface area contributed by atoms with Gasteiger partial charge in [-0.1, -0.05) is 6.92 Å². The number of carbonyl (C=O) groups is 1. The van der Waals surface area contributed by atoms with Crippen LogP contribution in [0.15, 0.2) is 0 Å². The number of carboxylic acids is 1. The third-order valence-corrected chi connectivity index (χ3v) is 2.43. The van der Waals surface area contributed by atoms with Crippen molar-refractivity contribution in [2.75, 3.05) is 19.7 Å². The van der Waals surface area contributed by atoms with E-state index in [0.29, 0.717) is 5.92 Å². The molecule has 1 unspecified atom stereocenters. The van der Waals surface area contributed by atoms with Crippen molar-refractivity contribution < 1.29 is 15.0 Å². The Balaban J connectivity index is 3.16. The van der Waals surface area contributed by atoms with E-state index in [4.69, 9.17) is 10.2 Å². The Labute approximate surface area is 91.7 Å². The fourth-order valence-electron chi connectivity index (χ4n) is 1.35. The lowest BCUT2D eigenvalue weighted by Gasteiger charge is -2.10. The molecule has 0 aliphatic carbocycles. The standard InChI is InChI=1S/C11H23NO3/c1-10(4-5-11(14)15)6-8-12-7-2-3-9-13/h10,12-13H,2-9H2,1H3,(H,14,15). The van der Waals surface area contributed by atoms with Gasteiger partial charge in [0, 0.05) is 13.0 Å². The summed E-state index contributed by atoms with van der Waals surface area (Å²) in [5, 5.41) is 20.3. The average Bonchev–Trinajstić information content (AvgIpc) is 2.20. The van der Waals surface area contributed by atoms with Crippen molar-refractivity contribution in [1.82, 2.24) is 5.32 Å². The number of aliphatic carboxylic acids is 1. The van der Waals surface area contributed by atoms with Crippen molar-refractivity contribution in [3.8, 4) is 0 Å². The molecule has 0 aliphatic heterocycles. The second-order valence-electron chi connectivity index (χ2n) is 4.01. The van der Waals surface area contributed by atoms with Gasteiger partial charge in [-0.05, 0) is 44.7 Å². The van der Waals surface area contributed by atoms with Crippen LogP contribution < -0.4 is 5.32 Å². The van der Waals surface area contributed by atoms with E-state index in [-0.39, 0.29) is 13.0 Å². The summed E-state index contributed by atoms with van der Waals surface area (Å²) in [4.78, 5) is 10.3. The molecule has 0 saturated heterocycles. The predicted molar refractivity (Wildman–Crippen MR) is 59.8 cm³/mol. The lowest BCUT2D eigenvalue weighted by atomic mass is 10.0. The molecule has 0 aromatic rings. The Kier molecular flexibility index (Phi) is 9.52. The van der Waals surface area contributed by atoms with Gasteiger partial charge < -0.3 is 15.5 Å². The quantitative estimate of drug-likeness (QED) is 0.481. The molecule has 4 heteroatoms. The lowest BCUT2D eigenvalue weighted by Crippen LogP contribution is -2.19. The van der Waals surface area contributed by atoms with Crippen molar-refractivity contribution >= 4 is 5.97 Å². The van der Waals surface area contributed by atoms with Crippen LogP contribution in [-0.2, 0) is 4.79 Å². The summed E-state index contributed by atoms with van der Waals surface area (Å²) in [7, 11) is 0. The molecule has 0 spiro atoms. The van der Waals surface area contributed by atoms with Crippen LogP contribution in [0.3, 0.4) is 0 Å². The molecule has 0 rings (SSSR count). The van der Waals surface area contributed by atoms with Crippen LogP contribution in [0.5, 0.6) is 0 Å². The molecule has 3 N–H and O–H groups in total. The summed E-state index contributed by atoms with van der Waals surface area (Å²) >= 11 is 0. The van der Waals surface area contributed by atoms with Gasteiger partial charge in [-0.15, -0.1) is 0 Å². The summed E-state index contributed by atoms with van der Waals surface area (Å²) < 4.78 is 0. The summed E-state index contributed by atoms with van der Waals surface area (Å²) in [6.45, 7) is 4.22. The van der Waals surface area contributed by atoms with Crippen LogP contribution >= 0.6 is 0 Å². The topological polar surface area (TPSA) is 69.6 Å². The van der Waals surface area contributed by atoms with Gasteiger partial charge in [0.1, 0.15) is 0 Å². The van der Waals surface area contributed by atoms with Gasteiger partial charge >= 0.3 is 5.97 Å². The molecule has 4 nitrogen and oxygen atoms in total. The van der Waals surface area contributed by atoms with Gasteiger partial charge in [0.05, 0.1) is 0 Å². The molecule has 15 heavy (non-hydrogen) atoms. The monoisotopic (exact) mass is 217 g/mol. The Morgan fingerprint density at radius 3 is 2.60 bits per heavy atom. The number of hydrogen-bond acceptors (Lipinski definition) is 3. The number of unbranched alkanes of at least 4 members (excludes halogenated alkanes) is 1. The Morgan fingerprint density at radius 1 is 1.27 bits per heavy atom. The molecule has 0 aromatic heterocycles. The first-order valence-corrected chi connectivity index (χ1v) is 5.70. The number of hydrogen-bond donors (Lipinski definition) is 3. The van der Waals surface area contributed by atoms with Crippen LogP contribution in [0.25, 0.3) is 0 Å². The third-order valence-electron chi connectivity index (χ3n) is 2.43. The second kappa shape index (κ2) is 9.93. The van der Waals surface area contributed by atoms with E-state index in [1.807, 2.05) is 0 Å². The van der Waals surface area contributed by atoms with Gasteiger partial charge in [0.15, 0.2) is 0 Å². The average molecular weight is 217 g/mol. The number of aliphatic hydroxyl groups excluding tert-OH is 1. The molecule has 0 amide bonds. The Hall–Kier alpha value is -0.610. The maximum Gasteiger partial charge on any atom is 0.303 e. The van der Waals surface area contributed by atoms with Gasteiger partial charge in [-0.2, -0.15) is 0 Å². The molecule has 0 aromatic carbocycles. The van der Waals surface area contributed by atoms with Crippen LogP contribution in [0.4, 0.5) is 0 Å². The van der Waals surface area contributed by atoms with Crippen LogP contribution in [0.1, 0.15) is 39.0 Å². The minimum Gasteiger partial charge on any atom is -0.481 e. The molecular weight excluding hydrogens is 194 g/mol. The van der Waals surface area contributed by atoms with Crippen molar-refractivity contribution in [3.05, 3.63) is 0 Å². The normalized spacial score (nSPS) is 12.7. The zero-order valence-electron chi connectivity index (χ0n) is 9.54. The summed E-state index contributed by atoms with van der Waals surface area (Å²) in [5.74, 6) is -0.246. The van der Waals surface area contributed by atoms with E-state index < -0.39 is 5.97 Å². The molecule has 0 bridgehead atoms. The van der Waals surface area contributed by atoms with E-state index in [1.165, 1.54) is 0 Å².